The number of carbonyl (C=O) groups excluding carboxylic acids is 1. The van der Waals surface area contributed by atoms with Gasteiger partial charge in [-0.15, -0.1) is 0 Å². The van der Waals surface area contributed by atoms with E-state index in [0.29, 0.717) is 29.4 Å². The Labute approximate surface area is 220 Å². The molecule has 0 atom stereocenters. The van der Waals surface area contributed by atoms with Crippen LogP contribution < -0.4 is 0 Å². The van der Waals surface area contributed by atoms with Gasteiger partial charge in [0.1, 0.15) is 5.69 Å². The minimum atomic E-state index is -1.86. The largest absolute Gasteiger partial charge is 0.464 e. The van der Waals surface area contributed by atoms with Gasteiger partial charge >= 0.3 is 5.97 Å². The molecular formula is C27H40ClN3O4Si. The Morgan fingerprint density at radius 2 is 1.86 bits per heavy atom. The normalized spacial score (nSPS) is 12.5. The summed E-state index contributed by atoms with van der Waals surface area (Å²) in [4.78, 5) is 13.0. The molecule has 0 fully saturated rings. The number of methoxy groups -OCH3 is 1. The van der Waals surface area contributed by atoms with Crippen LogP contribution in [0.3, 0.4) is 0 Å². The second-order valence-electron chi connectivity index (χ2n) is 10.8. The number of aliphatic hydroxyl groups excluding tert-OH is 1. The van der Waals surface area contributed by atoms with E-state index in [4.69, 9.17) is 20.8 Å². The molecule has 7 nitrogen and oxygen atoms in total. The smallest absolute Gasteiger partial charge is 0.354 e. The molecule has 0 aliphatic heterocycles. The quantitative estimate of drug-likeness (QED) is 0.206. The first-order valence-electron chi connectivity index (χ1n) is 12.5. The number of ether oxygens (including phenoxy) is 1. The molecule has 3 aromatic rings. The maximum absolute atomic E-state index is 13.0. The number of aromatic nitrogens is 3. The summed E-state index contributed by atoms with van der Waals surface area (Å²) in [5, 5.41) is 16.2. The lowest BCUT2D eigenvalue weighted by atomic mass is 9.97. The van der Waals surface area contributed by atoms with Crippen molar-refractivity contribution in [2.24, 2.45) is 14.1 Å². The number of hydrogen-bond donors (Lipinski definition) is 1. The second kappa shape index (κ2) is 10.7. The van der Waals surface area contributed by atoms with Crippen LogP contribution in [-0.2, 0) is 42.7 Å². The van der Waals surface area contributed by atoms with Gasteiger partial charge in [0.15, 0.2) is 8.32 Å². The van der Waals surface area contributed by atoms with Crippen LogP contribution >= 0.6 is 11.6 Å². The zero-order valence-electron chi connectivity index (χ0n) is 23.1. The molecule has 0 spiro atoms. The summed E-state index contributed by atoms with van der Waals surface area (Å²) in [6.07, 6.45) is 2.16. The van der Waals surface area contributed by atoms with Gasteiger partial charge in [-0.05, 0) is 49.0 Å². The lowest BCUT2D eigenvalue weighted by molar-refractivity contribution is 0.0589. The van der Waals surface area contributed by atoms with Crippen LogP contribution in [0.15, 0.2) is 12.1 Å². The third kappa shape index (κ3) is 5.01. The molecule has 198 valence electrons. The van der Waals surface area contributed by atoms with E-state index >= 15 is 0 Å². The number of halogens is 1. The zero-order valence-corrected chi connectivity index (χ0v) is 24.8. The molecule has 1 aromatic carbocycles. The van der Waals surface area contributed by atoms with Crippen LogP contribution in [0.1, 0.15) is 61.6 Å². The maximum atomic E-state index is 13.0. The van der Waals surface area contributed by atoms with Crippen molar-refractivity contribution in [1.29, 1.82) is 0 Å². The lowest BCUT2D eigenvalue weighted by Crippen LogP contribution is -2.41. The van der Waals surface area contributed by atoms with Gasteiger partial charge in [-0.3, -0.25) is 4.68 Å². The van der Waals surface area contributed by atoms with E-state index in [9.17, 15) is 9.90 Å². The third-order valence-corrected chi connectivity index (χ3v) is 12.5. The van der Waals surface area contributed by atoms with Crippen molar-refractivity contribution in [3.63, 3.8) is 0 Å². The van der Waals surface area contributed by atoms with E-state index < -0.39 is 8.32 Å². The van der Waals surface area contributed by atoms with E-state index in [0.717, 1.165) is 46.1 Å². The van der Waals surface area contributed by atoms with Crippen molar-refractivity contribution in [3.05, 3.63) is 39.8 Å². The predicted octanol–water partition coefficient (Wildman–Crippen LogP) is 6.03. The Bertz CT molecular complexity index is 1270. The summed E-state index contributed by atoms with van der Waals surface area (Å²) in [6, 6.07) is 3.84. The summed E-state index contributed by atoms with van der Waals surface area (Å²) in [7, 11) is 3.28. The standard InChI is InChI=1S/C27H40ClN3O4Si/c1-10-21-23(20(16-32)29-31(21)6)22-19(28)14-13-18-17(25(26(33)34-7)30(5)24(18)22)12-11-15-35-36(8,9)27(2,3)4/h13-14,32H,10-12,15-16H2,1-9H3. The van der Waals surface area contributed by atoms with Gasteiger partial charge in [-0.1, -0.05) is 45.4 Å². The van der Waals surface area contributed by atoms with Gasteiger partial charge < -0.3 is 18.8 Å². The molecule has 1 N–H and O–H groups in total. The first kappa shape index (κ1) is 28.4. The highest BCUT2D eigenvalue weighted by Crippen LogP contribution is 2.42. The van der Waals surface area contributed by atoms with Crippen molar-refractivity contribution >= 4 is 36.8 Å². The number of aryl methyl sites for hydroxylation is 3. The van der Waals surface area contributed by atoms with Crippen LogP contribution in [0.4, 0.5) is 0 Å². The van der Waals surface area contributed by atoms with E-state index in [-0.39, 0.29) is 17.6 Å². The molecule has 0 saturated heterocycles. The molecule has 0 unspecified atom stereocenters. The Hall–Kier alpha value is -2.13. The van der Waals surface area contributed by atoms with Crippen LogP contribution in [0.25, 0.3) is 22.0 Å². The lowest BCUT2D eigenvalue weighted by Gasteiger charge is -2.36. The van der Waals surface area contributed by atoms with E-state index in [2.05, 4.69) is 45.9 Å². The minimum Gasteiger partial charge on any atom is -0.464 e. The molecule has 0 aliphatic carbocycles. The monoisotopic (exact) mass is 533 g/mol. The van der Waals surface area contributed by atoms with Crippen molar-refractivity contribution in [3.8, 4) is 11.1 Å². The highest BCUT2D eigenvalue weighted by atomic mass is 35.5. The molecule has 9 heteroatoms. The number of benzene rings is 1. The molecule has 2 heterocycles. The van der Waals surface area contributed by atoms with Gasteiger partial charge in [-0.2, -0.15) is 5.10 Å². The molecule has 2 aromatic heterocycles. The topological polar surface area (TPSA) is 78.5 Å². The Morgan fingerprint density at radius 1 is 1.19 bits per heavy atom. The maximum Gasteiger partial charge on any atom is 0.354 e. The molecule has 0 saturated carbocycles. The molecule has 0 amide bonds. The highest BCUT2D eigenvalue weighted by Gasteiger charge is 2.37. The van der Waals surface area contributed by atoms with Crippen molar-refractivity contribution in [2.45, 2.75) is 71.7 Å². The van der Waals surface area contributed by atoms with Crippen LogP contribution in [0, 0.1) is 0 Å². The SMILES string of the molecule is CCc1c(-c2c(Cl)ccc3c(CCCO[Si](C)(C)C(C)(C)C)c(C(=O)OC)n(C)c23)c(CO)nn1C. The minimum absolute atomic E-state index is 0.139. The number of carbonyl (C=O) groups is 1. The summed E-state index contributed by atoms with van der Waals surface area (Å²) in [5.41, 5.74) is 5.40. The molecule has 36 heavy (non-hydrogen) atoms. The van der Waals surface area contributed by atoms with Gasteiger partial charge in [0.2, 0.25) is 0 Å². The average molecular weight is 534 g/mol. The van der Waals surface area contributed by atoms with Crippen LogP contribution in [-0.4, -0.2) is 47.5 Å². The molecule has 3 rings (SSSR count). The number of esters is 1. The fraction of sp³-hybridized carbons (Fsp3) is 0.556. The first-order valence-corrected chi connectivity index (χ1v) is 15.8. The fourth-order valence-corrected chi connectivity index (χ4v) is 6.00. The van der Waals surface area contributed by atoms with Gasteiger partial charge in [0, 0.05) is 42.9 Å². The highest BCUT2D eigenvalue weighted by molar-refractivity contribution is 6.74. The zero-order chi connectivity index (χ0) is 27.0. The number of aliphatic hydroxyl groups is 1. The van der Waals surface area contributed by atoms with Gasteiger partial charge in [0.25, 0.3) is 0 Å². The molecule has 0 bridgehead atoms. The van der Waals surface area contributed by atoms with Crippen molar-refractivity contribution in [1.82, 2.24) is 14.3 Å². The number of nitrogens with zero attached hydrogens (tertiary/aromatic N) is 3. The molecule has 0 radical (unpaired) electrons. The van der Waals surface area contributed by atoms with Crippen molar-refractivity contribution < 1.29 is 19.1 Å². The number of rotatable bonds is 9. The summed E-state index contributed by atoms with van der Waals surface area (Å²) in [6.45, 7) is 13.7. The van der Waals surface area contributed by atoms with E-state index in [1.807, 2.05) is 30.8 Å². The Kier molecular flexibility index (Phi) is 8.45. The fourth-order valence-electron chi connectivity index (χ4n) is 4.67. The van der Waals surface area contributed by atoms with E-state index in [1.54, 1.807) is 4.68 Å². The third-order valence-electron chi connectivity index (χ3n) is 7.60. The summed E-state index contributed by atoms with van der Waals surface area (Å²) >= 11 is 6.81. The second-order valence-corrected chi connectivity index (χ2v) is 16.0. The summed E-state index contributed by atoms with van der Waals surface area (Å²) in [5.74, 6) is -0.389. The first-order chi connectivity index (χ1) is 16.8. The molecular weight excluding hydrogens is 494 g/mol. The van der Waals surface area contributed by atoms with Crippen molar-refractivity contribution in [2.75, 3.05) is 13.7 Å². The van der Waals surface area contributed by atoms with E-state index in [1.165, 1.54) is 7.11 Å². The summed E-state index contributed by atoms with van der Waals surface area (Å²) < 4.78 is 15.2. The van der Waals surface area contributed by atoms with Crippen LogP contribution in [0.2, 0.25) is 23.2 Å². The molecule has 0 aliphatic rings. The van der Waals surface area contributed by atoms with Crippen LogP contribution in [0.5, 0.6) is 0 Å². The number of hydrogen-bond acceptors (Lipinski definition) is 5. The van der Waals surface area contributed by atoms with Gasteiger partial charge in [-0.25, -0.2) is 4.79 Å². The Balaban J connectivity index is 2.16. The predicted molar refractivity (Wildman–Crippen MR) is 148 cm³/mol. The average Bonchev–Trinajstić information content (AvgIpc) is 3.28. The Morgan fingerprint density at radius 3 is 2.42 bits per heavy atom. The van der Waals surface area contributed by atoms with Gasteiger partial charge in [0.05, 0.1) is 29.9 Å². The number of fused-ring (bicyclic) bond motifs is 1.